The van der Waals surface area contributed by atoms with Crippen molar-refractivity contribution in [2.75, 3.05) is 25.0 Å². The van der Waals surface area contributed by atoms with Gasteiger partial charge in [0.05, 0.1) is 12.4 Å². The van der Waals surface area contributed by atoms with E-state index in [2.05, 4.69) is 54.1 Å². The molecule has 1 unspecified atom stereocenters. The molecule has 38 heavy (non-hydrogen) atoms. The van der Waals surface area contributed by atoms with Crippen molar-refractivity contribution in [2.45, 2.75) is 64.4 Å². The number of nitrogens with zero attached hydrogens (tertiary/aromatic N) is 4. The lowest BCUT2D eigenvalue weighted by Gasteiger charge is -2.40. The minimum absolute atomic E-state index is 0.0210. The van der Waals surface area contributed by atoms with Gasteiger partial charge in [0.2, 0.25) is 0 Å². The Labute approximate surface area is 225 Å². The van der Waals surface area contributed by atoms with E-state index >= 15 is 0 Å². The van der Waals surface area contributed by atoms with Gasteiger partial charge in [-0.3, -0.25) is 9.36 Å². The van der Waals surface area contributed by atoms with E-state index in [1.807, 2.05) is 17.6 Å². The SMILES string of the molecule is C[C@@H]1C(O[Si](C)(C)C(C)(C)C)[C@H](n2cnc3c(NC(=O)c4ccccc4)ncnc32)O[C@@H]1OCP(C)(C)=O. The Kier molecular flexibility index (Phi) is 7.98. The molecule has 206 valence electrons. The Hall–Kier alpha value is -2.43. The van der Waals surface area contributed by atoms with Crippen LogP contribution in [-0.2, 0) is 18.5 Å². The van der Waals surface area contributed by atoms with Gasteiger partial charge >= 0.3 is 0 Å². The zero-order valence-corrected chi connectivity index (χ0v) is 25.2. The van der Waals surface area contributed by atoms with E-state index < -0.39 is 28.0 Å². The minimum atomic E-state index is -2.41. The summed E-state index contributed by atoms with van der Waals surface area (Å²) in [6.07, 6.45) is 1.58. The Morgan fingerprint density at radius 1 is 1.16 bits per heavy atom. The van der Waals surface area contributed by atoms with E-state index in [9.17, 15) is 9.36 Å². The van der Waals surface area contributed by atoms with Crippen molar-refractivity contribution < 1.29 is 23.3 Å². The first-order chi connectivity index (χ1) is 17.7. The zero-order chi connectivity index (χ0) is 27.9. The summed E-state index contributed by atoms with van der Waals surface area (Å²) in [6, 6.07) is 8.91. The Balaban J connectivity index is 1.68. The van der Waals surface area contributed by atoms with Gasteiger partial charge in [0.1, 0.15) is 19.8 Å². The highest BCUT2D eigenvalue weighted by Crippen LogP contribution is 2.46. The summed E-state index contributed by atoms with van der Waals surface area (Å²) in [5.41, 5.74) is 1.45. The highest BCUT2D eigenvalue weighted by molar-refractivity contribution is 7.62. The van der Waals surface area contributed by atoms with E-state index in [0.29, 0.717) is 22.5 Å². The van der Waals surface area contributed by atoms with Crippen LogP contribution >= 0.6 is 7.14 Å². The smallest absolute Gasteiger partial charge is 0.256 e. The molecule has 1 saturated heterocycles. The number of aromatic nitrogens is 4. The van der Waals surface area contributed by atoms with Gasteiger partial charge in [-0.05, 0) is 43.6 Å². The van der Waals surface area contributed by atoms with Crippen molar-refractivity contribution in [3.63, 3.8) is 0 Å². The number of carbonyl (C=O) groups excluding carboxylic acids is 1. The summed E-state index contributed by atoms with van der Waals surface area (Å²) < 4.78 is 33.5. The molecule has 0 bridgehead atoms. The number of fused-ring (bicyclic) bond motifs is 1. The normalized spacial score (nSPS) is 22.6. The molecule has 1 aromatic carbocycles. The van der Waals surface area contributed by atoms with Crippen LogP contribution in [0, 0.1) is 5.92 Å². The number of amides is 1. The molecule has 0 saturated carbocycles. The Morgan fingerprint density at radius 2 is 1.84 bits per heavy atom. The maximum absolute atomic E-state index is 12.8. The Bertz CT molecular complexity index is 1340. The van der Waals surface area contributed by atoms with Crippen LogP contribution in [0.2, 0.25) is 18.1 Å². The van der Waals surface area contributed by atoms with Gasteiger partial charge in [0, 0.05) is 11.5 Å². The molecule has 1 aliphatic rings. The molecule has 10 nitrogen and oxygen atoms in total. The monoisotopic (exact) mass is 559 g/mol. The topological polar surface area (TPSA) is 117 Å². The predicted molar refractivity (Wildman–Crippen MR) is 150 cm³/mol. The number of carbonyl (C=O) groups is 1. The van der Waals surface area contributed by atoms with Crippen LogP contribution in [0.5, 0.6) is 0 Å². The molecule has 1 amide bonds. The number of benzene rings is 1. The van der Waals surface area contributed by atoms with Crippen LogP contribution in [0.1, 0.15) is 44.3 Å². The first-order valence-corrected chi connectivity index (χ1v) is 18.4. The quantitative estimate of drug-likeness (QED) is 0.282. The third-order valence-electron chi connectivity index (χ3n) is 7.19. The van der Waals surface area contributed by atoms with Gasteiger partial charge in [-0.1, -0.05) is 45.9 Å². The van der Waals surface area contributed by atoms with Gasteiger partial charge in [0.25, 0.3) is 5.91 Å². The number of hydrogen-bond donors (Lipinski definition) is 1. The molecular weight excluding hydrogens is 521 g/mol. The third-order valence-corrected chi connectivity index (χ3v) is 12.4. The zero-order valence-electron chi connectivity index (χ0n) is 23.3. The van der Waals surface area contributed by atoms with E-state index in [0.717, 1.165) is 0 Å². The molecule has 0 spiro atoms. The van der Waals surface area contributed by atoms with Crippen LogP contribution < -0.4 is 5.32 Å². The summed E-state index contributed by atoms with van der Waals surface area (Å²) in [4.78, 5) is 26.1. The number of imidazole rings is 1. The van der Waals surface area contributed by atoms with Crippen molar-refractivity contribution in [1.82, 2.24) is 19.5 Å². The molecule has 1 N–H and O–H groups in total. The maximum Gasteiger partial charge on any atom is 0.256 e. The predicted octanol–water partition coefficient (Wildman–Crippen LogP) is 5.56. The summed E-state index contributed by atoms with van der Waals surface area (Å²) in [6.45, 7) is 16.4. The molecule has 4 atom stereocenters. The van der Waals surface area contributed by atoms with Crippen molar-refractivity contribution in [3.05, 3.63) is 48.5 Å². The van der Waals surface area contributed by atoms with Crippen LogP contribution in [-0.4, -0.2) is 65.8 Å². The fourth-order valence-corrected chi connectivity index (χ4v) is 5.87. The average molecular weight is 560 g/mol. The van der Waals surface area contributed by atoms with Crippen molar-refractivity contribution in [1.29, 1.82) is 0 Å². The van der Waals surface area contributed by atoms with E-state index in [1.165, 1.54) is 6.33 Å². The fourth-order valence-electron chi connectivity index (χ4n) is 4.00. The van der Waals surface area contributed by atoms with Crippen molar-refractivity contribution >= 4 is 38.3 Å². The number of rotatable bonds is 8. The summed E-state index contributed by atoms with van der Waals surface area (Å²) in [5.74, 6) is -0.125. The molecule has 1 fully saturated rings. The van der Waals surface area contributed by atoms with Gasteiger partial charge in [-0.15, -0.1) is 0 Å². The van der Waals surface area contributed by atoms with Gasteiger partial charge in [0.15, 0.2) is 37.8 Å². The summed E-state index contributed by atoms with van der Waals surface area (Å²) in [7, 11) is -4.62. The standard InChI is InChI=1S/C26H38N5O5PSi/c1-17-20(36-38(7,8)26(2,3)4)24(35-25(17)34-16-37(5,6)33)31-15-29-19-21(27-14-28-22(19)31)30-23(32)18-12-10-9-11-13-18/h9-15,17,20,24-25H,16H2,1-8H3,(H,27,28,30,32)/t17-,20?,24-,25+/m1/s1. The lowest BCUT2D eigenvalue weighted by molar-refractivity contribution is -0.152. The number of nitrogens with one attached hydrogen (secondary N) is 1. The lowest BCUT2D eigenvalue weighted by atomic mass is 10.1. The summed E-state index contributed by atoms with van der Waals surface area (Å²) >= 11 is 0. The van der Waals surface area contributed by atoms with E-state index in [1.54, 1.807) is 43.9 Å². The number of ether oxygens (including phenoxy) is 2. The molecule has 0 aliphatic carbocycles. The Morgan fingerprint density at radius 3 is 2.47 bits per heavy atom. The number of hydrogen-bond acceptors (Lipinski definition) is 8. The van der Waals surface area contributed by atoms with Gasteiger partial charge in [-0.2, -0.15) is 0 Å². The van der Waals surface area contributed by atoms with Crippen molar-refractivity contribution in [2.24, 2.45) is 5.92 Å². The van der Waals surface area contributed by atoms with E-state index in [-0.39, 0.29) is 29.3 Å². The molecular formula is C26H38N5O5PSi. The van der Waals surface area contributed by atoms with Crippen molar-refractivity contribution in [3.8, 4) is 0 Å². The lowest BCUT2D eigenvalue weighted by Crippen LogP contribution is -2.46. The molecule has 4 rings (SSSR count). The fraction of sp³-hybridized carbons (Fsp3) is 0.538. The summed E-state index contributed by atoms with van der Waals surface area (Å²) in [5, 5.41) is 2.82. The minimum Gasteiger partial charge on any atom is -0.409 e. The molecule has 3 aromatic rings. The van der Waals surface area contributed by atoms with Gasteiger partial charge in [-0.25, -0.2) is 15.0 Å². The molecule has 12 heteroatoms. The highest BCUT2D eigenvalue weighted by atomic mass is 31.2. The second-order valence-electron chi connectivity index (χ2n) is 11.8. The second-order valence-corrected chi connectivity index (χ2v) is 20.0. The first kappa shape index (κ1) is 28.6. The highest BCUT2D eigenvalue weighted by Gasteiger charge is 2.50. The second kappa shape index (κ2) is 10.6. The third kappa shape index (κ3) is 6.07. The molecule has 3 heterocycles. The largest absolute Gasteiger partial charge is 0.409 e. The first-order valence-electron chi connectivity index (χ1n) is 12.7. The average Bonchev–Trinajstić information content (AvgIpc) is 3.39. The van der Waals surface area contributed by atoms with Crippen LogP contribution in [0.3, 0.4) is 0 Å². The number of anilines is 1. The molecule has 2 aromatic heterocycles. The van der Waals surface area contributed by atoms with Crippen LogP contribution in [0.25, 0.3) is 11.2 Å². The van der Waals surface area contributed by atoms with Crippen LogP contribution in [0.4, 0.5) is 5.82 Å². The van der Waals surface area contributed by atoms with Gasteiger partial charge < -0.3 is 23.8 Å². The van der Waals surface area contributed by atoms with E-state index in [4.69, 9.17) is 13.9 Å². The maximum atomic E-state index is 12.8. The molecule has 1 aliphatic heterocycles. The molecule has 0 radical (unpaired) electrons. The van der Waals surface area contributed by atoms with Crippen LogP contribution in [0.15, 0.2) is 43.0 Å².